The first-order chi connectivity index (χ1) is 9.56. The molecule has 1 heterocycles. The van der Waals surface area contributed by atoms with Gasteiger partial charge in [0.1, 0.15) is 17.5 Å². The van der Waals surface area contributed by atoms with Gasteiger partial charge in [-0.1, -0.05) is 6.07 Å². The minimum atomic E-state index is 0.528. The van der Waals surface area contributed by atoms with Crippen LogP contribution in [0.1, 0.15) is 22.5 Å². The number of aryl methyl sites for hydroxylation is 2. The first-order valence-electron chi connectivity index (χ1n) is 6.42. The third-order valence-electron chi connectivity index (χ3n) is 3.20. The molecule has 0 bridgehead atoms. The fraction of sp³-hybridized carbons (Fsp3) is 0.333. The summed E-state index contributed by atoms with van der Waals surface area (Å²) in [5, 5.41) is 16.6. The van der Waals surface area contributed by atoms with Crippen LogP contribution in [-0.4, -0.2) is 16.8 Å². The van der Waals surface area contributed by atoms with E-state index in [2.05, 4.69) is 16.5 Å². The average Bonchev–Trinajstić information content (AvgIpc) is 2.67. The standard InChI is InChI=1S/C15H18N4O/c1-10-15(11(2)19(4)18-10)20-14-6-5-12(9-17-3)7-13(14)8-16/h5-7,17H,9H2,1-4H3. The van der Waals surface area contributed by atoms with Crippen LogP contribution < -0.4 is 10.1 Å². The van der Waals surface area contributed by atoms with Crippen LogP contribution in [0.25, 0.3) is 0 Å². The molecule has 0 saturated carbocycles. The van der Waals surface area contributed by atoms with Crippen LogP contribution in [0.5, 0.6) is 11.5 Å². The number of benzene rings is 1. The molecule has 0 aliphatic carbocycles. The molecular formula is C15H18N4O. The minimum Gasteiger partial charge on any atom is -0.452 e. The molecule has 1 N–H and O–H groups in total. The number of hydrogen-bond donors (Lipinski definition) is 1. The summed E-state index contributed by atoms with van der Waals surface area (Å²) in [5.74, 6) is 1.27. The molecule has 0 radical (unpaired) electrons. The van der Waals surface area contributed by atoms with E-state index in [0.717, 1.165) is 23.5 Å². The quantitative estimate of drug-likeness (QED) is 0.926. The Bertz CT molecular complexity index is 667. The van der Waals surface area contributed by atoms with E-state index in [0.29, 0.717) is 17.1 Å². The van der Waals surface area contributed by atoms with E-state index in [1.807, 2.05) is 46.1 Å². The second-order valence-electron chi connectivity index (χ2n) is 4.70. The predicted molar refractivity (Wildman–Crippen MR) is 76.7 cm³/mol. The predicted octanol–water partition coefficient (Wildman–Crippen LogP) is 2.42. The summed E-state index contributed by atoms with van der Waals surface area (Å²) in [6.45, 7) is 4.56. The zero-order valence-corrected chi connectivity index (χ0v) is 12.2. The van der Waals surface area contributed by atoms with Gasteiger partial charge in [-0.3, -0.25) is 4.68 Å². The van der Waals surface area contributed by atoms with Crippen molar-refractivity contribution in [3.8, 4) is 17.6 Å². The van der Waals surface area contributed by atoms with E-state index >= 15 is 0 Å². The van der Waals surface area contributed by atoms with Gasteiger partial charge < -0.3 is 10.1 Å². The van der Waals surface area contributed by atoms with Crippen molar-refractivity contribution in [3.05, 3.63) is 40.7 Å². The number of rotatable bonds is 4. The van der Waals surface area contributed by atoms with Gasteiger partial charge in [0.2, 0.25) is 0 Å². The molecule has 104 valence electrons. The first kappa shape index (κ1) is 14.1. The molecule has 5 nitrogen and oxygen atoms in total. The lowest BCUT2D eigenvalue weighted by Crippen LogP contribution is -2.05. The van der Waals surface area contributed by atoms with Gasteiger partial charge in [0.25, 0.3) is 0 Å². The van der Waals surface area contributed by atoms with Crippen LogP contribution >= 0.6 is 0 Å². The highest BCUT2D eigenvalue weighted by atomic mass is 16.5. The molecular weight excluding hydrogens is 252 g/mol. The molecule has 1 aromatic carbocycles. The maximum Gasteiger partial charge on any atom is 0.171 e. The highest BCUT2D eigenvalue weighted by Crippen LogP contribution is 2.30. The highest BCUT2D eigenvalue weighted by molar-refractivity contribution is 5.48. The van der Waals surface area contributed by atoms with Crippen molar-refractivity contribution in [2.24, 2.45) is 7.05 Å². The second-order valence-corrected chi connectivity index (χ2v) is 4.70. The number of aromatic nitrogens is 2. The van der Waals surface area contributed by atoms with E-state index < -0.39 is 0 Å². The van der Waals surface area contributed by atoms with Gasteiger partial charge in [-0.15, -0.1) is 0 Å². The van der Waals surface area contributed by atoms with Crippen molar-refractivity contribution in [1.29, 1.82) is 5.26 Å². The third kappa shape index (κ3) is 2.65. The normalized spacial score (nSPS) is 10.3. The molecule has 0 unspecified atom stereocenters. The molecule has 0 aliphatic rings. The van der Waals surface area contributed by atoms with Crippen LogP contribution in [0.2, 0.25) is 0 Å². The lowest BCUT2D eigenvalue weighted by Gasteiger charge is -2.09. The number of nitriles is 1. The Hall–Kier alpha value is -2.32. The molecule has 2 aromatic rings. The molecule has 0 fully saturated rings. The van der Waals surface area contributed by atoms with Crippen molar-refractivity contribution in [3.63, 3.8) is 0 Å². The zero-order chi connectivity index (χ0) is 14.7. The van der Waals surface area contributed by atoms with E-state index in [9.17, 15) is 5.26 Å². The molecule has 0 spiro atoms. The van der Waals surface area contributed by atoms with Gasteiger partial charge >= 0.3 is 0 Å². The third-order valence-corrected chi connectivity index (χ3v) is 3.20. The van der Waals surface area contributed by atoms with Crippen LogP contribution in [-0.2, 0) is 13.6 Å². The maximum atomic E-state index is 9.26. The molecule has 0 aliphatic heterocycles. The molecule has 1 aromatic heterocycles. The fourth-order valence-corrected chi connectivity index (χ4v) is 2.08. The molecule has 0 amide bonds. The van der Waals surface area contributed by atoms with Crippen molar-refractivity contribution < 1.29 is 4.74 Å². The maximum absolute atomic E-state index is 9.26. The Morgan fingerprint density at radius 3 is 2.70 bits per heavy atom. The summed E-state index contributed by atoms with van der Waals surface area (Å²) < 4.78 is 7.66. The first-order valence-corrected chi connectivity index (χ1v) is 6.42. The van der Waals surface area contributed by atoms with E-state index in [-0.39, 0.29) is 0 Å². The van der Waals surface area contributed by atoms with Gasteiger partial charge in [0.05, 0.1) is 11.3 Å². The van der Waals surface area contributed by atoms with Crippen LogP contribution in [0, 0.1) is 25.2 Å². The second kappa shape index (κ2) is 5.76. The average molecular weight is 270 g/mol. The molecule has 20 heavy (non-hydrogen) atoms. The van der Waals surface area contributed by atoms with E-state index in [4.69, 9.17) is 4.74 Å². The number of nitrogens with zero attached hydrogens (tertiary/aromatic N) is 3. The topological polar surface area (TPSA) is 62.9 Å². The Morgan fingerprint density at radius 2 is 2.15 bits per heavy atom. The van der Waals surface area contributed by atoms with Gasteiger partial charge in [-0.05, 0) is 38.6 Å². The zero-order valence-electron chi connectivity index (χ0n) is 12.2. The lowest BCUT2D eigenvalue weighted by atomic mass is 10.1. The smallest absolute Gasteiger partial charge is 0.171 e. The summed E-state index contributed by atoms with van der Waals surface area (Å²) in [6.07, 6.45) is 0. The van der Waals surface area contributed by atoms with Crippen molar-refractivity contribution >= 4 is 0 Å². The van der Waals surface area contributed by atoms with Crippen LogP contribution in [0.15, 0.2) is 18.2 Å². The SMILES string of the molecule is CNCc1ccc(Oc2c(C)nn(C)c2C)c(C#N)c1. The van der Waals surface area contributed by atoms with E-state index in [1.165, 1.54) is 0 Å². The summed E-state index contributed by atoms with van der Waals surface area (Å²) in [7, 11) is 3.75. The Morgan fingerprint density at radius 1 is 1.40 bits per heavy atom. The Kier molecular flexibility index (Phi) is 4.06. The van der Waals surface area contributed by atoms with Gasteiger partial charge in [-0.25, -0.2) is 0 Å². The Labute approximate surface area is 118 Å². The number of hydrogen-bond acceptors (Lipinski definition) is 4. The number of ether oxygens (including phenoxy) is 1. The van der Waals surface area contributed by atoms with Crippen LogP contribution in [0.4, 0.5) is 0 Å². The summed E-state index contributed by atoms with van der Waals surface area (Å²) >= 11 is 0. The van der Waals surface area contributed by atoms with Crippen molar-refractivity contribution in [2.45, 2.75) is 20.4 Å². The lowest BCUT2D eigenvalue weighted by molar-refractivity contribution is 0.472. The van der Waals surface area contributed by atoms with Crippen molar-refractivity contribution in [2.75, 3.05) is 7.05 Å². The van der Waals surface area contributed by atoms with Gasteiger partial charge in [0.15, 0.2) is 5.75 Å². The summed E-state index contributed by atoms with van der Waals surface area (Å²) in [5.41, 5.74) is 3.33. The molecule has 0 atom stereocenters. The Balaban J connectivity index is 2.36. The molecule has 2 rings (SSSR count). The van der Waals surface area contributed by atoms with Crippen LogP contribution in [0.3, 0.4) is 0 Å². The summed E-state index contributed by atoms with van der Waals surface area (Å²) in [6, 6.07) is 7.80. The fourth-order valence-electron chi connectivity index (χ4n) is 2.08. The monoisotopic (exact) mass is 270 g/mol. The number of nitrogens with one attached hydrogen (secondary N) is 1. The van der Waals surface area contributed by atoms with Gasteiger partial charge in [0, 0.05) is 13.6 Å². The summed E-state index contributed by atoms with van der Waals surface area (Å²) in [4.78, 5) is 0. The highest BCUT2D eigenvalue weighted by Gasteiger charge is 2.14. The van der Waals surface area contributed by atoms with Crippen molar-refractivity contribution in [1.82, 2.24) is 15.1 Å². The minimum absolute atomic E-state index is 0.528. The molecule has 5 heteroatoms. The largest absolute Gasteiger partial charge is 0.452 e. The van der Waals surface area contributed by atoms with E-state index in [1.54, 1.807) is 4.68 Å². The molecule has 0 saturated heterocycles. The van der Waals surface area contributed by atoms with Gasteiger partial charge in [-0.2, -0.15) is 10.4 Å².